The number of hydrogen-bond acceptors (Lipinski definition) is 3. The van der Waals surface area contributed by atoms with Crippen molar-refractivity contribution < 1.29 is 15.0 Å². The van der Waals surface area contributed by atoms with Gasteiger partial charge in [-0.1, -0.05) is 48.5 Å². The van der Waals surface area contributed by atoms with Gasteiger partial charge in [-0.05, 0) is 59.3 Å². The van der Waals surface area contributed by atoms with E-state index in [4.69, 9.17) is 0 Å². The number of phenolic OH excluding ortho intramolecular Hbond substituents is 2. The molecule has 1 atom stereocenters. The van der Waals surface area contributed by atoms with Crippen molar-refractivity contribution in [2.75, 3.05) is 7.05 Å². The second-order valence-electron chi connectivity index (χ2n) is 7.59. The topological polar surface area (TPSA) is 74.5 Å². The van der Waals surface area contributed by atoms with Gasteiger partial charge in [-0.2, -0.15) is 0 Å². The number of nitrogens with one attached hydrogen (secondary N) is 1. The van der Waals surface area contributed by atoms with Crippen LogP contribution >= 0.6 is 0 Å². The highest BCUT2D eigenvalue weighted by molar-refractivity contribution is 5.91. The third-order valence-corrected chi connectivity index (χ3v) is 5.77. The second kappa shape index (κ2) is 8.03. The van der Waals surface area contributed by atoms with E-state index in [0.29, 0.717) is 0 Å². The molecule has 0 saturated carbocycles. The van der Waals surface area contributed by atoms with Crippen LogP contribution in [0, 0.1) is 0 Å². The van der Waals surface area contributed by atoms with Gasteiger partial charge < -0.3 is 20.1 Å². The van der Waals surface area contributed by atoms with Crippen LogP contribution in [0.5, 0.6) is 11.5 Å². The summed E-state index contributed by atoms with van der Waals surface area (Å²) >= 11 is 0. The van der Waals surface area contributed by atoms with Crippen molar-refractivity contribution in [2.45, 2.75) is 12.5 Å². The maximum atomic E-state index is 11.5. The molecule has 31 heavy (non-hydrogen) atoms. The minimum Gasteiger partial charge on any atom is -0.504 e. The van der Waals surface area contributed by atoms with Crippen molar-refractivity contribution >= 4 is 22.9 Å². The Morgan fingerprint density at radius 2 is 1.65 bits per heavy atom. The van der Waals surface area contributed by atoms with Crippen molar-refractivity contribution in [1.29, 1.82) is 0 Å². The van der Waals surface area contributed by atoms with Gasteiger partial charge >= 0.3 is 0 Å². The molecule has 5 heteroatoms. The summed E-state index contributed by atoms with van der Waals surface area (Å²) in [5.41, 5.74) is 3.13. The van der Waals surface area contributed by atoms with Crippen molar-refractivity contribution in [3.8, 4) is 11.5 Å². The normalized spacial score (nSPS) is 13.4. The summed E-state index contributed by atoms with van der Waals surface area (Å²) < 4.78 is 2.17. The molecule has 0 aliphatic heterocycles. The van der Waals surface area contributed by atoms with E-state index < -0.39 is 5.54 Å². The fourth-order valence-electron chi connectivity index (χ4n) is 3.92. The summed E-state index contributed by atoms with van der Waals surface area (Å²) in [4.78, 5) is 11.5. The van der Waals surface area contributed by atoms with Crippen molar-refractivity contribution in [3.05, 3.63) is 102 Å². The largest absolute Gasteiger partial charge is 0.504 e. The molecule has 4 rings (SSSR count). The number of carbonyl (C=O) groups is 1. The van der Waals surface area contributed by atoms with Crippen molar-refractivity contribution in [2.24, 2.45) is 0 Å². The summed E-state index contributed by atoms with van der Waals surface area (Å²) in [6.45, 7) is 2.08. The minimum atomic E-state index is -0.655. The molecule has 1 unspecified atom stereocenters. The van der Waals surface area contributed by atoms with Crippen LogP contribution in [0.3, 0.4) is 0 Å². The molecule has 4 aromatic rings. The van der Waals surface area contributed by atoms with E-state index >= 15 is 0 Å². The minimum absolute atomic E-state index is 0.154. The first kappa shape index (κ1) is 20.3. The predicted molar refractivity (Wildman–Crippen MR) is 123 cm³/mol. The summed E-state index contributed by atoms with van der Waals surface area (Å²) in [6.07, 6.45) is 5.29. The molecule has 5 nitrogen and oxygen atoms in total. The van der Waals surface area contributed by atoms with E-state index in [1.54, 1.807) is 19.2 Å². The van der Waals surface area contributed by atoms with E-state index in [2.05, 4.69) is 35.0 Å². The van der Waals surface area contributed by atoms with Gasteiger partial charge in [0, 0.05) is 24.8 Å². The molecule has 0 aliphatic carbocycles. The maximum absolute atomic E-state index is 11.5. The molecule has 3 N–H and O–H groups in total. The third-order valence-electron chi connectivity index (χ3n) is 5.77. The second-order valence-corrected chi connectivity index (χ2v) is 7.59. The van der Waals surface area contributed by atoms with Gasteiger partial charge in [-0.3, -0.25) is 4.79 Å². The van der Waals surface area contributed by atoms with Crippen LogP contribution in [-0.2, 0) is 10.3 Å². The molecule has 0 bridgehead atoms. The van der Waals surface area contributed by atoms with Crippen LogP contribution in [0.25, 0.3) is 17.0 Å². The molecule has 1 aromatic heterocycles. The Labute approximate surface area is 180 Å². The smallest absolute Gasteiger partial charge is 0.243 e. The zero-order chi connectivity index (χ0) is 22.0. The zero-order valence-electron chi connectivity index (χ0n) is 17.4. The molecule has 156 valence electrons. The highest BCUT2D eigenvalue weighted by Gasteiger charge is 2.32. The lowest BCUT2D eigenvalue weighted by molar-refractivity contribution is -0.115. The number of phenols is 2. The quantitative estimate of drug-likeness (QED) is 0.331. The maximum Gasteiger partial charge on any atom is 0.243 e. The number of nitrogens with zero attached hydrogens (tertiary/aromatic N) is 1. The molecule has 0 radical (unpaired) electrons. The van der Waals surface area contributed by atoms with Gasteiger partial charge in [0.25, 0.3) is 0 Å². The van der Waals surface area contributed by atoms with Crippen LogP contribution in [0.2, 0.25) is 0 Å². The number of amides is 1. The summed E-state index contributed by atoms with van der Waals surface area (Å²) in [5.74, 6) is -0.476. The molecule has 0 spiro atoms. The first-order valence-corrected chi connectivity index (χ1v) is 10.0. The average molecular weight is 412 g/mol. The number of hydrogen-bond donors (Lipinski definition) is 3. The Balaban J connectivity index is 1.88. The number of likely N-dealkylation sites (N-methyl/N-ethyl adjacent to an activating group) is 1. The average Bonchev–Trinajstić information content (AvgIpc) is 3.24. The van der Waals surface area contributed by atoms with E-state index in [0.717, 1.165) is 27.6 Å². The highest BCUT2D eigenvalue weighted by atomic mass is 16.3. The fourth-order valence-corrected chi connectivity index (χ4v) is 3.92. The van der Waals surface area contributed by atoms with Crippen LogP contribution in [0.1, 0.15) is 23.6 Å². The molecular formula is C26H24N2O3. The highest BCUT2D eigenvalue weighted by Crippen LogP contribution is 2.40. The lowest BCUT2D eigenvalue weighted by atomic mass is 9.83. The Morgan fingerprint density at radius 3 is 2.35 bits per heavy atom. The Kier molecular flexibility index (Phi) is 5.26. The van der Waals surface area contributed by atoms with Crippen molar-refractivity contribution in [3.63, 3.8) is 0 Å². The lowest BCUT2D eigenvalue weighted by Crippen LogP contribution is -2.32. The first-order valence-electron chi connectivity index (χ1n) is 10.0. The molecule has 1 amide bonds. The predicted octanol–water partition coefficient (Wildman–Crippen LogP) is 4.62. The standard InChI is InChI=1S/C26H24N2O3/c1-26(21-12-13-23(29)24(30)17-21,28-16-15-19-5-3-4-6-22(19)28)20-10-7-18(8-11-20)9-14-25(31)27-2/h3-17,29-30H,1-2H3,(H,27,31). The summed E-state index contributed by atoms with van der Waals surface area (Å²) in [5, 5.41) is 23.7. The SMILES string of the molecule is CNC(=O)C=Cc1ccc(C(C)(c2ccc(O)c(O)c2)n2ccc3ccccc32)cc1. The van der Waals surface area contributed by atoms with Crippen molar-refractivity contribution in [1.82, 2.24) is 9.88 Å². The van der Waals surface area contributed by atoms with Crippen LogP contribution in [0.4, 0.5) is 0 Å². The van der Waals surface area contributed by atoms with Gasteiger partial charge in [-0.15, -0.1) is 0 Å². The van der Waals surface area contributed by atoms with Gasteiger partial charge in [0.05, 0.1) is 5.54 Å². The molecule has 1 heterocycles. The Morgan fingerprint density at radius 1 is 0.935 bits per heavy atom. The lowest BCUT2D eigenvalue weighted by Gasteiger charge is -2.34. The number of para-hydroxylation sites is 1. The number of aromatic nitrogens is 1. The van der Waals surface area contributed by atoms with E-state index in [9.17, 15) is 15.0 Å². The number of rotatable bonds is 5. The van der Waals surface area contributed by atoms with Gasteiger partial charge in [0.1, 0.15) is 0 Å². The van der Waals surface area contributed by atoms with Crippen LogP contribution in [-0.4, -0.2) is 27.7 Å². The zero-order valence-corrected chi connectivity index (χ0v) is 17.4. The number of carbonyl (C=O) groups excluding carboxylic acids is 1. The van der Waals surface area contributed by atoms with Gasteiger partial charge in [-0.25, -0.2) is 0 Å². The fraction of sp³-hybridized carbons (Fsp3) is 0.115. The number of fused-ring (bicyclic) bond motifs is 1. The van der Waals surface area contributed by atoms with Gasteiger partial charge in [0.2, 0.25) is 5.91 Å². The molecular weight excluding hydrogens is 388 g/mol. The van der Waals surface area contributed by atoms with Crippen LogP contribution in [0.15, 0.2) is 85.1 Å². The van der Waals surface area contributed by atoms with E-state index in [-0.39, 0.29) is 17.4 Å². The monoisotopic (exact) mass is 412 g/mol. The molecule has 0 saturated heterocycles. The third kappa shape index (κ3) is 3.66. The molecule has 0 aliphatic rings. The summed E-state index contributed by atoms with van der Waals surface area (Å²) in [6, 6.07) is 23.1. The van der Waals surface area contributed by atoms with E-state index in [1.807, 2.05) is 48.7 Å². The Hall–Kier alpha value is -3.99. The number of aromatic hydroxyl groups is 2. The number of benzene rings is 3. The van der Waals surface area contributed by atoms with Gasteiger partial charge in [0.15, 0.2) is 11.5 Å². The molecule has 0 fully saturated rings. The molecule has 3 aromatic carbocycles. The Bertz CT molecular complexity index is 1270. The first-order chi connectivity index (χ1) is 14.9. The summed E-state index contributed by atoms with van der Waals surface area (Å²) in [7, 11) is 1.59. The van der Waals surface area contributed by atoms with E-state index in [1.165, 1.54) is 12.1 Å². The van der Waals surface area contributed by atoms with Crippen LogP contribution < -0.4 is 5.32 Å².